The minimum absolute atomic E-state index is 0.171. The number of hydrogen-bond acceptors (Lipinski definition) is 4. The predicted octanol–water partition coefficient (Wildman–Crippen LogP) is 3.96. The molecule has 1 heterocycles. The van der Waals surface area contributed by atoms with E-state index in [-0.39, 0.29) is 17.4 Å². The number of ether oxygens (including phenoxy) is 2. The molecule has 2 aromatic rings. The Morgan fingerprint density at radius 1 is 1.21 bits per heavy atom. The van der Waals surface area contributed by atoms with E-state index in [4.69, 9.17) is 9.47 Å². The molecule has 0 fully saturated rings. The molecule has 3 rings (SSSR count). The van der Waals surface area contributed by atoms with Crippen LogP contribution in [-0.4, -0.2) is 18.5 Å². The summed E-state index contributed by atoms with van der Waals surface area (Å²) in [5.74, 6) is 0.0162. The Kier molecular flexibility index (Phi) is 4.70. The summed E-state index contributed by atoms with van der Waals surface area (Å²) < 4.78 is 23.7. The summed E-state index contributed by atoms with van der Waals surface area (Å²) in [5, 5.41) is 0. The molecule has 0 bridgehead atoms. The average Bonchev–Trinajstić information content (AvgIpc) is 2.95. The smallest absolute Gasteiger partial charge is 0.363 e. The molecule has 0 saturated carbocycles. The summed E-state index contributed by atoms with van der Waals surface area (Å²) in [6.07, 6.45) is 2.56. The van der Waals surface area contributed by atoms with Gasteiger partial charge in [-0.3, -0.25) is 0 Å². The molecule has 2 aromatic carbocycles. The van der Waals surface area contributed by atoms with E-state index < -0.39 is 5.97 Å². The van der Waals surface area contributed by atoms with Crippen LogP contribution in [0.2, 0.25) is 0 Å². The summed E-state index contributed by atoms with van der Waals surface area (Å²) in [6, 6.07) is 13.0. The monoisotopic (exact) mass is 325 g/mol. The topological polar surface area (TPSA) is 47.9 Å². The highest BCUT2D eigenvalue weighted by Gasteiger charge is 2.24. The van der Waals surface area contributed by atoms with Crippen molar-refractivity contribution < 1.29 is 18.7 Å². The second kappa shape index (κ2) is 7.08. The Bertz CT molecular complexity index is 810. The van der Waals surface area contributed by atoms with Gasteiger partial charge in [-0.05, 0) is 54.5 Å². The van der Waals surface area contributed by atoms with Gasteiger partial charge in [-0.15, -0.1) is 0 Å². The number of nitrogens with zero attached hydrogens (tertiary/aromatic N) is 1. The van der Waals surface area contributed by atoms with Crippen molar-refractivity contribution in [1.82, 2.24) is 0 Å². The standard InChI is InChI=1S/C19H16FNO3/c1-2-10-23-16-5-3-4-13(11-16)12-17-19(22)24-18(21-17)14-6-8-15(20)9-7-14/h3-9,11-12H,2,10H2,1H3/b17-12-. The molecule has 0 atom stereocenters. The van der Waals surface area contributed by atoms with E-state index in [0.29, 0.717) is 12.2 Å². The summed E-state index contributed by atoms with van der Waals surface area (Å²) in [4.78, 5) is 16.2. The molecule has 0 spiro atoms. The second-order valence-electron chi connectivity index (χ2n) is 5.26. The fraction of sp³-hybridized carbons (Fsp3) is 0.158. The molecule has 24 heavy (non-hydrogen) atoms. The third kappa shape index (κ3) is 3.68. The maximum absolute atomic E-state index is 13.0. The van der Waals surface area contributed by atoms with Crippen molar-refractivity contribution in [2.24, 2.45) is 4.99 Å². The first-order valence-corrected chi connectivity index (χ1v) is 7.67. The molecule has 0 amide bonds. The zero-order valence-corrected chi connectivity index (χ0v) is 13.2. The maximum atomic E-state index is 13.0. The highest BCUT2D eigenvalue weighted by molar-refractivity contribution is 6.12. The van der Waals surface area contributed by atoms with Crippen LogP contribution in [0.4, 0.5) is 4.39 Å². The van der Waals surface area contributed by atoms with Gasteiger partial charge in [0.05, 0.1) is 6.61 Å². The molecule has 1 aliphatic heterocycles. The first kappa shape index (κ1) is 15.9. The van der Waals surface area contributed by atoms with Crippen molar-refractivity contribution in [3.63, 3.8) is 0 Å². The minimum atomic E-state index is -0.533. The molecule has 0 aliphatic carbocycles. The molecule has 0 N–H and O–H groups in total. The van der Waals surface area contributed by atoms with Crippen LogP contribution in [0.25, 0.3) is 6.08 Å². The Balaban J connectivity index is 1.84. The van der Waals surface area contributed by atoms with Crippen LogP contribution in [0.1, 0.15) is 24.5 Å². The van der Waals surface area contributed by atoms with Crippen molar-refractivity contribution in [2.75, 3.05) is 6.61 Å². The SMILES string of the molecule is CCCOc1cccc(/C=C2\N=C(c3ccc(F)cc3)OC2=O)c1. The first-order valence-electron chi connectivity index (χ1n) is 7.67. The van der Waals surface area contributed by atoms with E-state index in [0.717, 1.165) is 17.7 Å². The van der Waals surface area contributed by atoms with Crippen LogP contribution in [0.5, 0.6) is 5.75 Å². The molecule has 5 heteroatoms. The van der Waals surface area contributed by atoms with Crippen LogP contribution >= 0.6 is 0 Å². The number of cyclic esters (lactones) is 1. The summed E-state index contributed by atoms with van der Waals surface area (Å²) >= 11 is 0. The van der Waals surface area contributed by atoms with Crippen LogP contribution in [0.15, 0.2) is 59.2 Å². The Morgan fingerprint density at radius 2 is 2.00 bits per heavy atom. The zero-order valence-electron chi connectivity index (χ0n) is 13.2. The zero-order chi connectivity index (χ0) is 16.9. The highest BCUT2D eigenvalue weighted by atomic mass is 19.1. The van der Waals surface area contributed by atoms with Crippen LogP contribution < -0.4 is 4.74 Å². The largest absolute Gasteiger partial charge is 0.494 e. The van der Waals surface area contributed by atoms with Gasteiger partial charge in [0.25, 0.3) is 0 Å². The molecular weight excluding hydrogens is 309 g/mol. The summed E-state index contributed by atoms with van der Waals surface area (Å²) in [6.45, 7) is 2.67. The molecule has 0 saturated heterocycles. The number of halogens is 1. The fourth-order valence-electron chi connectivity index (χ4n) is 2.20. The summed E-state index contributed by atoms with van der Waals surface area (Å²) in [5.41, 5.74) is 1.54. The molecular formula is C19H16FNO3. The Hall–Kier alpha value is -2.95. The Morgan fingerprint density at radius 3 is 2.75 bits per heavy atom. The lowest BCUT2D eigenvalue weighted by molar-refractivity contribution is -0.129. The first-order chi connectivity index (χ1) is 11.7. The maximum Gasteiger partial charge on any atom is 0.363 e. The molecule has 1 aliphatic rings. The molecule has 122 valence electrons. The highest BCUT2D eigenvalue weighted by Crippen LogP contribution is 2.21. The lowest BCUT2D eigenvalue weighted by atomic mass is 10.2. The number of carbonyl (C=O) groups excluding carboxylic acids is 1. The van der Waals surface area contributed by atoms with E-state index in [9.17, 15) is 9.18 Å². The van der Waals surface area contributed by atoms with Gasteiger partial charge >= 0.3 is 5.97 Å². The number of hydrogen-bond donors (Lipinski definition) is 0. The van der Waals surface area contributed by atoms with Crippen LogP contribution in [0.3, 0.4) is 0 Å². The van der Waals surface area contributed by atoms with Crippen molar-refractivity contribution in [3.05, 3.63) is 71.2 Å². The fourth-order valence-corrected chi connectivity index (χ4v) is 2.20. The molecule has 4 nitrogen and oxygen atoms in total. The summed E-state index contributed by atoms with van der Waals surface area (Å²) in [7, 11) is 0. The lowest BCUT2D eigenvalue weighted by Gasteiger charge is -2.04. The predicted molar refractivity (Wildman–Crippen MR) is 89.2 cm³/mol. The van der Waals surface area contributed by atoms with E-state index in [1.807, 2.05) is 31.2 Å². The number of rotatable bonds is 5. The van der Waals surface area contributed by atoms with Gasteiger partial charge in [0.15, 0.2) is 5.70 Å². The van der Waals surface area contributed by atoms with Crippen molar-refractivity contribution in [3.8, 4) is 5.75 Å². The van der Waals surface area contributed by atoms with E-state index in [1.165, 1.54) is 24.3 Å². The third-order valence-corrected chi connectivity index (χ3v) is 3.35. The van der Waals surface area contributed by atoms with Crippen molar-refractivity contribution in [2.45, 2.75) is 13.3 Å². The number of benzene rings is 2. The average molecular weight is 325 g/mol. The van der Waals surface area contributed by atoms with Gasteiger partial charge in [0.1, 0.15) is 11.6 Å². The quantitative estimate of drug-likeness (QED) is 0.617. The van der Waals surface area contributed by atoms with Gasteiger partial charge in [-0.2, -0.15) is 0 Å². The lowest BCUT2D eigenvalue weighted by Crippen LogP contribution is -2.05. The van der Waals surface area contributed by atoms with E-state index in [2.05, 4.69) is 4.99 Å². The van der Waals surface area contributed by atoms with Gasteiger partial charge < -0.3 is 9.47 Å². The van der Waals surface area contributed by atoms with E-state index in [1.54, 1.807) is 6.08 Å². The van der Waals surface area contributed by atoms with Gasteiger partial charge in [-0.25, -0.2) is 14.2 Å². The number of aliphatic imine (C=N–C) groups is 1. The normalized spacial score (nSPS) is 15.3. The van der Waals surface area contributed by atoms with Crippen LogP contribution in [-0.2, 0) is 9.53 Å². The second-order valence-corrected chi connectivity index (χ2v) is 5.26. The van der Waals surface area contributed by atoms with Crippen molar-refractivity contribution >= 4 is 17.9 Å². The molecule has 0 aromatic heterocycles. The Labute approximate surface area is 139 Å². The number of carbonyl (C=O) groups is 1. The molecule has 0 unspecified atom stereocenters. The minimum Gasteiger partial charge on any atom is -0.494 e. The number of esters is 1. The van der Waals surface area contributed by atoms with E-state index >= 15 is 0 Å². The van der Waals surface area contributed by atoms with Crippen molar-refractivity contribution in [1.29, 1.82) is 0 Å². The third-order valence-electron chi connectivity index (χ3n) is 3.35. The van der Waals surface area contributed by atoms with Gasteiger partial charge in [-0.1, -0.05) is 19.1 Å². The van der Waals surface area contributed by atoms with Gasteiger partial charge in [0.2, 0.25) is 5.90 Å². The van der Waals surface area contributed by atoms with Crippen LogP contribution in [0, 0.1) is 5.82 Å². The molecule has 0 radical (unpaired) electrons. The van der Waals surface area contributed by atoms with Gasteiger partial charge in [0, 0.05) is 5.56 Å².